The van der Waals surface area contributed by atoms with Crippen LogP contribution in [0.4, 0.5) is 4.79 Å². The van der Waals surface area contributed by atoms with Crippen LogP contribution in [-0.2, 0) is 4.79 Å². The molecule has 1 saturated heterocycles. The summed E-state index contributed by atoms with van der Waals surface area (Å²) in [7, 11) is 0. The molecule has 2 aromatic carbocycles. The van der Waals surface area contributed by atoms with Gasteiger partial charge in [-0.25, -0.2) is 4.79 Å². The van der Waals surface area contributed by atoms with E-state index in [0.29, 0.717) is 19.0 Å². The quantitative estimate of drug-likeness (QED) is 0.654. The normalized spacial score (nSPS) is 15.5. The molecule has 2 aromatic rings. The molecule has 0 bridgehead atoms. The summed E-state index contributed by atoms with van der Waals surface area (Å²) in [5, 5.41) is 6.56. The van der Waals surface area contributed by atoms with Crippen molar-refractivity contribution in [3.05, 3.63) is 41.6 Å². The number of rotatable bonds is 5. The number of hydrogen-bond acceptors (Lipinski definition) is 4. The van der Waals surface area contributed by atoms with Crippen molar-refractivity contribution in [3.8, 4) is 11.5 Å². The van der Waals surface area contributed by atoms with Crippen LogP contribution in [0.25, 0.3) is 16.8 Å². The number of fused-ring (bicyclic) bond motifs is 1. The van der Waals surface area contributed by atoms with E-state index in [1.54, 1.807) is 6.08 Å². The van der Waals surface area contributed by atoms with E-state index >= 15 is 0 Å². The average molecular weight is 326 g/mol. The maximum absolute atomic E-state index is 11.8. The van der Waals surface area contributed by atoms with Gasteiger partial charge in [-0.3, -0.25) is 10.1 Å². The Hall–Kier alpha value is -3.02. The van der Waals surface area contributed by atoms with Crippen molar-refractivity contribution in [2.24, 2.45) is 0 Å². The summed E-state index contributed by atoms with van der Waals surface area (Å²) >= 11 is 0. The fourth-order valence-electron chi connectivity index (χ4n) is 2.62. The number of nitrogens with one attached hydrogen (secondary N) is 2. The predicted molar refractivity (Wildman–Crippen MR) is 90.9 cm³/mol. The highest BCUT2D eigenvalue weighted by Crippen LogP contribution is 2.33. The predicted octanol–water partition coefficient (Wildman–Crippen LogP) is 2.82. The second-order valence-corrected chi connectivity index (χ2v) is 5.19. The summed E-state index contributed by atoms with van der Waals surface area (Å²) < 4.78 is 11.3. The molecule has 6 nitrogen and oxygen atoms in total. The lowest BCUT2D eigenvalue weighted by atomic mass is 10.0. The van der Waals surface area contributed by atoms with Gasteiger partial charge in [-0.15, -0.1) is 0 Å². The van der Waals surface area contributed by atoms with Crippen LogP contribution >= 0.6 is 0 Å². The molecule has 3 rings (SSSR count). The summed E-state index contributed by atoms with van der Waals surface area (Å²) in [5.41, 5.74) is 0.915. The van der Waals surface area contributed by atoms with Crippen LogP contribution in [0.1, 0.15) is 19.4 Å². The van der Waals surface area contributed by atoms with Crippen molar-refractivity contribution in [1.82, 2.24) is 10.6 Å². The molecule has 1 heterocycles. The van der Waals surface area contributed by atoms with Crippen LogP contribution in [0.15, 0.2) is 36.0 Å². The molecule has 6 heteroatoms. The molecular weight excluding hydrogens is 308 g/mol. The number of carbonyl (C=O) groups is 2. The van der Waals surface area contributed by atoms with Gasteiger partial charge in [0, 0.05) is 5.56 Å². The molecule has 0 spiro atoms. The smallest absolute Gasteiger partial charge is 0.326 e. The number of carbonyl (C=O) groups excluding carboxylic acids is 2. The summed E-state index contributed by atoms with van der Waals surface area (Å²) in [5.74, 6) is 0.915. The molecule has 2 N–H and O–H groups in total. The first-order valence-corrected chi connectivity index (χ1v) is 7.78. The number of hydrogen-bond donors (Lipinski definition) is 2. The molecule has 0 unspecified atom stereocenters. The molecule has 0 saturated carbocycles. The minimum atomic E-state index is -0.528. The number of amides is 3. The van der Waals surface area contributed by atoms with E-state index in [-0.39, 0.29) is 5.70 Å². The lowest BCUT2D eigenvalue weighted by Crippen LogP contribution is -2.22. The van der Waals surface area contributed by atoms with Crippen LogP contribution < -0.4 is 20.1 Å². The number of ether oxygens (including phenoxy) is 2. The Morgan fingerprint density at radius 3 is 2.42 bits per heavy atom. The van der Waals surface area contributed by atoms with Crippen molar-refractivity contribution in [3.63, 3.8) is 0 Å². The first-order chi connectivity index (χ1) is 11.6. The van der Waals surface area contributed by atoms with Crippen LogP contribution in [-0.4, -0.2) is 25.2 Å². The van der Waals surface area contributed by atoms with E-state index < -0.39 is 11.9 Å². The Bertz CT molecular complexity index is 837. The molecule has 1 aliphatic heterocycles. The maximum atomic E-state index is 11.8. The fraction of sp³-hybridized carbons (Fsp3) is 0.222. The van der Waals surface area contributed by atoms with Crippen LogP contribution in [0.2, 0.25) is 0 Å². The Labute approximate surface area is 139 Å². The molecule has 0 atom stereocenters. The summed E-state index contributed by atoms with van der Waals surface area (Å²) in [6.45, 7) is 4.86. The van der Waals surface area contributed by atoms with E-state index in [9.17, 15) is 9.59 Å². The van der Waals surface area contributed by atoms with E-state index in [2.05, 4.69) is 10.6 Å². The topological polar surface area (TPSA) is 76.7 Å². The van der Waals surface area contributed by atoms with E-state index in [1.165, 1.54) is 0 Å². The second-order valence-electron chi connectivity index (χ2n) is 5.19. The zero-order chi connectivity index (χ0) is 17.1. The van der Waals surface area contributed by atoms with E-state index in [4.69, 9.17) is 9.47 Å². The van der Waals surface area contributed by atoms with Gasteiger partial charge in [0.2, 0.25) is 0 Å². The van der Waals surface area contributed by atoms with Gasteiger partial charge in [0.1, 0.15) is 17.2 Å². The van der Waals surface area contributed by atoms with Gasteiger partial charge >= 0.3 is 6.03 Å². The largest absolute Gasteiger partial charge is 0.494 e. The third kappa shape index (κ3) is 3.03. The Morgan fingerprint density at radius 2 is 1.75 bits per heavy atom. The lowest BCUT2D eigenvalue weighted by molar-refractivity contribution is -0.115. The second kappa shape index (κ2) is 6.62. The SMILES string of the molecule is CCOc1ccc2ccc(OCC)c(/C=C3/NC(=O)NC3=O)c2c1. The Morgan fingerprint density at radius 1 is 1.00 bits per heavy atom. The van der Waals surface area contributed by atoms with Crippen molar-refractivity contribution in [2.45, 2.75) is 13.8 Å². The molecular formula is C18H18N2O4. The first kappa shape index (κ1) is 15.9. The van der Waals surface area contributed by atoms with Crippen LogP contribution in [0.3, 0.4) is 0 Å². The highest BCUT2D eigenvalue weighted by molar-refractivity contribution is 6.15. The lowest BCUT2D eigenvalue weighted by Gasteiger charge is -2.12. The highest BCUT2D eigenvalue weighted by atomic mass is 16.5. The Balaban J connectivity index is 2.19. The molecule has 24 heavy (non-hydrogen) atoms. The summed E-state index contributed by atoms with van der Waals surface area (Å²) in [6, 6.07) is 9.03. The van der Waals surface area contributed by atoms with Crippen molar-refractivity contribution < 1.29 is 19.1 Å². The molecule has 3 amide bonds. The third-order valence-corrected chi connectivity index (χ3v) is 3.61. The molecule has 124 valence electrons. The Kier molecular flexibility index (Phi) is 4.37. The summed E-state index contributed by atoms with van der Waals surface area (Å²) in [4.78, 5) is 23.2. The summed E-state index contributed by atoms with van der Waals surface area (Å²) in [6.07, 6.45) is 1.63. The molecule has 0 radical (unpaired) electrons. The molecule has 1 fully saturated rings. The molecule has 1 aliphatic rings. The average Bonchev–Trinajstić information content (AvgIpc) is 2.88. The minimum absolute atomic E-state index is 0.190. The van der Waals surface area contributed by atoms with Crippen molar-refractivity contribution >= 4 is 28.8 Å². The van der Waals surface area contributed by atoms with Crippen LogP contribution in [0, 0.1) is 0 Å². The third-order valence-electron chi connectivity index (χ3n) is 3.61. The number of imide groups is 1. The van der Waals surface area contributed by atoms with Crippen molar-refractivity contribution in [1.29, 1.82) is 0 Å². The zero-order valence-electron chi connectivity index (χ0n) is 13.5. The van der Waals surface area contributed by atoms with E-state index in [0.717, 1.165) is 22.1 Å². The van der Waals surface area contributed by atoms with Gasteiger partial charge < -0.3 is 14.8 Å². The van der Waals surface area contributed by atoms with Crippen LogP contribution in [0.5, 0.6) is 11.5 Å². The first-order valence-electron chi connectivity index (χ1n) is 7.78. The standard InChI is InChI=1S/C18H18N2O4/c1-3-23-12-7-5-11-6-8-16(24-4-2)14(13(11)9-12)10-15-17(21)20-18(22)19-15/h5-10H,3-4H2,1-2H3,(H2,19,20,21,22)/b15-10+. The highest BCUT2D eigenvalue weighted by Gasteiger charge is 2.23. The fourth-order valence-corrected chi connectivity index (χ4v) is 2.62. The monoisotopic (exact) mass is 326 g/mol. The maximum Gasteiger partial charge on any atom is 0.326 e. The van der Waals surface area contributed by atoms with Gasteiger partial charge in [0.05, 0.1) is 13.2 Å². The number of urea groups is 1. The van der Waals surface area contributed by atoms with E-state index in [1.807, 2.05) is 44.2 Å². The van der Waals surface area contributed by atoms with Gasteiger partial charge in [0.15, 0.2) is 0 Å². The molecule has 0 aromatic heterocycles. The molecule has 0 aliphatic carbocycles. The van der Waals surface area contributed by atoms with Gasteiger partial charge in [-0.05, 0) is 48.9 Å². The van der Waals surface area contributed by atoms with Crippen molar-refractivity contribution in [2.75, 3.05) is 13.2 Å². The van der Waals surface area contributed by atoms with Gasteiger partial charge in [-0.2, -0.15) is 0 Å². The number of benzene rings is 2. The minimum Gasteiger partial charge on any atom is -0.494 e. The van der Waals surface area contributed by atoms with Gasteiger partial charge in [-0.1, -0.05) is 12.1 Å². The van der Waals surface area contributed by atoms with Gasteiger partial charge in [0.25, 0.3) is 5.91 Å². The zero-order valence-corrected chi connectivity index (χ0v) is 13.5.